The van der Waals surface area contributed by atoms with Crippen molar-refractivity contribution in [3.63, 3.8) is 0 Å². The number of aromatic nitrogens is 3. The first-order valence-corrected chi connectivity index (χ1v) is 6.81. The van der Waals surface area contributed by atoms with Gasteiger partial charge < -0.3 is 5.73 Å². The predicted octanol–water partition coefficient (Wildman–Crippen LogP) is 1.52. The lowest BCUT2D eigenvalue weighted by Gasteiger charge is -2.14. The van der Waals surface area contributed by atoms with Gasteiger partial charge in [0, 0.05) is 18.3 Å². The Morgan fingerprint density at radius 2 is 2.16 bits per heavy atom. The van der Waals surface area contributed by atoms with Crippen molar-refractivity contribution in [2.24, 2.45) is 5.73 Å². The lowest BCUT2D eigenvalue weighted by Crippen LogP contribution is -2.17. The molecule has 3 N–H and O–H groups in total. The van der Waals surface area contributed by atoms with Crippen molar-refractivity contribution < 1.29 is 4.39 Å². The molecule has 0 saturated carbocycles. The van der Waals surface area contributed by atoms with E-state index in [4.69, 9.17) is 5.73 Å². The van der Waals surface area contributed by atoms with Gasteiger partial charge in [-0.1, -0.05) is 23.9 Å². The van der Waals surface area contributed by atoms with Crippen molar-refractivity contribution in [3.05, 3.63) is 46.1 Å². The lowest BCUT2D eigenvalue weighted by atomic mass is 10.1. The molecule has 1 aromatic carbocycles. The molecule has 2 rings (SSSR count). The zero-order valence-electron chi connectivity index (χ0n) is 10.5. The van der Waals surface area contributed by atoms with E-state index in [-0.39, 0.29) is 16.8 Å². The molecular weight excluding hydrogens is 267 g/mol. The SMILES string of the molecule is CCn1c(SC(CN)c2ccc(F)cc2)n[nH]c1=O. The lowest BCUT2D eigenvalue weighted by molar-refractivity contribution is 0.626. The van der Waals surface area contributed by atoms with Crippen LogP contribution in [0.25, 0.3) is 0 Å². The van der Waals surface area contributed by atoms with Crippen LogP contribution >= 0.6 is 11.8 Å². The Labute approximate surface area is 114 Å². The fourth-order valence-electron chi connectivity index (χ4n) is 1.73. The maximum atomic E-state index is 12.9. The number of hydrogen-bond acceptors (Lipinski definition) is 4. The van der Waals surface area contributed by atoms with Crippen LogP contribution in [-0.2, 0) is 6.54 Å². The third kappa shape index (κ3) is 3.05. The molecule has 0 aliphatic rings. The number of halogens is 1. The van der Waals surface area contributed by atoms with Crippen LogP contribution in [0, 0.1) is 5.82 Å². The first-order chi connectivity index (χ1) is 9.15. The molecule has 1 aromatic heterocycles. The smallest absolute Gasteiger partial charge is 0.329 e. The molecule has 2 aromatic rings. The fraction of sp³-hybridized carbons (Fsp3) is 0.333. The minimum Gasteiger partial charge on any atom is -0.329 e. The molecule has 0 saturated heterocycles. The van der Waals surface area contributed by atoms with Crippen molar-refractivity contribution in [1.82, 2.24) is 14.8 Å². The predicted molar refractivity (Wildman–Crippen MR) is 72.6 cm³/mol. The van der Waals surface area contributed by atoms with Crippen LogP contribution in [0.15, 0.2) is 34.2 Å². The topological polar surface area (TPSA) is 76.7 Å². The number of nitrogens with zero attached hydrogens (tertiary/aromatic N) is 2. The summed E-state index contributed by atoms with van der Waals surface area (Å²) in [6, 6.07) is 6.19. The zero-order chi connectivity index (χ0) is 13.8. The minimum absolute atomic E-state index is 0.0684. The summed E-state index contributed by atoms with van der Waals surface area (Å²) in [5.41, 5.74) is 6.42. The molecule has 1 heterocycles. The average molecular weight is 282 g/mol. The molecule has 0 spiro atoms. The molecule has 0 amide bonds. The Morgan fingerprint density at radius 3 is 2.74 bits per heavy atom. The number of nitrogens with two attached hydrogens (primary N) is 1. The van der Waals surface area contributed by atoms with E-state index in [1.165, 1.54) is 28.5 Å². The maximum absolute atomic E-state index is 12.9. The summed E-state index contributed by atoms with van der Waals surface area (Å²) in [5, 5.41) is 6.91. The normalized spacial score (nSPS) is 12.6. The number of aromatic amines is 1. The highest BCUT2D eigenvalue weighted by molar-refractivity contribution is 7.99. The average Bonchev–Trinajstić information content (AvgIpc) is 2.77. The van der Waals surface area contributed by atoms with Crippen LogP contribution in [-0.4, -0.2) is 21.3 Å². The molecule has 0 aliphatic carbocycles. The largest absolute Gasteiger partial charge is 0.343 e. The summed E-state index contributed by atoms with van der Waals surface area (Å²) < 4.78 is 14.4. The van der Waals surface area contributed by atoms with Gasteiger partial charge in [0.1, 0.15) is 5.82 Å². The van der Waals surface area contributed by atoms with E-state index in [1.807, 2.05) is 6.92 Å². The summed E-state index contributed by atoms with van der Waals surface area (Å²) in [6.45, 7) is 2.79. The van der Waals surface area contributed by atoms with Crippen LogP contribution < -0.4 is 11.4 Å². The quantitative estimate of drug-likeness (QED) is 0.815. The Balaban J connectivity index is 2.23. The molecule has 0 fully saturated rings. The van der Waals surface area contributed by atoms with Gasteiger partial charge in [0.15, 0.2) is 5.16 Å². The Kier molecular flexibility index (Phi) is 4.39. The summed E-state index contributed by atoms with van der Waals surface area (Å²) in [7, 11) is 0. The number of hydrogen-bond donors (Lipinski definition) is 2. The maximum Gasteiger partial charge on any atom is 0.343 e. The molecule has 1 atom stereocenters. The second-order valence-electron chi connectivity index (χ2n) is 3.95. The van der Waals surface area contributed by atoms with E-state index in [9.17, 15) is 9.18 Å². The summed E-state index contributed by atoms with van der Waals surface area (Å²) in [5.74, 6) is -0.283. The molecule has 5 nitrogen and oxygen atoms in total. The third-order valence-electron chi connectivity index (χ3n) is 2.74. The molecule has 1 unspecified atom stereocenters. The van der Waals surface area contributed by atoms with Gasteiger partial charge in [-0.2, -0.15) is 0 Å². The van der Waals surface area contributed by atoms with Gasteiger partial charge in [0.05, 0.1) is 0 Å². The molecule has 0 radical (unpaired) electrons. The first kappa shape index (κ1) is 13.8. The Hall–Kier alpha value is -1.60. The Morgan fingerprint density at radius 1 is 1.47 bits per heavy atom. The molecule has 0 aliphatic heterocycles. The van der Waals surface area contributed by atoms with E-state index >= 15 is 0 Å². The number of nitrogens with one attached hydrogen (secondary N) is 1. The zero-order valence-corrected chi connectivity index (χ0v) is 11.3. The summed E-state index contributed by atoms with van der Waals surface area (Å²) >= 11 is 1.39. The number of rotatable bonds is 5. The number of H-pyrrole nitrogens is 1. The van der Waals surface area contributed by atoms with Crippen molar-refractivity contribution in [1.29, 1.82) is 0 Å². The van der Waals surface area contributed by atoms with Crippen molar-refractivity contribution in [3.8, 4) is 0 Å². The molecule has 0 bridgehead atoms. The van der Waals surface area contributed by atoms with Crippen LogP contribution in [0.5, 0.6) is 0 Å². The van der Waals surface area contributed by atoms with E-state index in [1.54, 1.807) is 12.1 Å². The monoisotopic (exact) mass is 282 g/mol. The standard InChI is InChI=1S/C12H15FN4OS/c1-2-17-11(18)15-16-12(17)19-10(7-14)8-3-5-9(13)6-4-8/h3-6,10H,2,7,14H2,1H3,(H,15,18). The van der Waals surface area contributed by atoms with Crippen molar-refractivity contribution in [2.75, 3.05) is 6.54 Å². The van der Waals surface area contributed by atoms with E-state index in [0.29, 0.717) is 18.2 Å². The molecular formula is C12H15FN4OS. The highest BCUT2D eigenvalue weighted by atomic mass is 32.2. The van der Waals surface area contributed by atoms with Gasteiger partial charge in [-0.25, -0.2) is 14.3 Å². The van der Waals surface area contributed by atoms with Gasteiger partial charge in [-0.15, -0.1) is 5.10 Å². The second-order valence-corrected chi connectivity index (χ2v) is 5.12. The molecule has 7 heteroatoms. The second kappa shape index (κ2) is 6.03. The minimum atomic E-state index is -0.283. The van der Waals surface area contributed by atoms with Crippen LogP contribution in [0.3, 0.4) is 0 Å². The highest BCUT2D eigenvalue weighted by Gasteiger charge is 2.16. The third-order valence-corrected chi connectivity index (χ3v) is 4.01. The summed E-state index contributed by atoms with van der Waals surface area (Å²) in [6.07, 6.45) is 0. The first-order valence-electron chi connectivity index (χ1n) is 5.93. The van der Waals surface area contributed by atoms with E-state index < -0.39 is 0 Å². The van der Waals surface area contributed by atoms with Crippen LogP contribution in [0.1, 0.15) is 17.7 Å². The summed E-state index contributed by atoms with van der Waals surface area (Å²) in [4.78, 5) is 11.5. The fourth-order valence-corrected chi connectivity index (χ4v) is 2.81. The Bertz CT molecular complexity index is 593. The van der Waals surface area contributed by atoms with E-state index in [0.717, 1.165) is 5.56 Å². The van der Waals surface area contributed by atoms with Crippen molar-refractivity contribution >= 4 is 11.8 Å². The highest BCUT2D eigenvalue weighted by Crippen LogP contribution is 2.32. The van der Waals surface area contributed by atoms with Gasteiger partial charge in [-0.3, -0.25) is 4.57 Å². The number of thioether (sulfide) groups is 1. The van der Waals surface area contributed by atoms with Crippen LogP contribution in [0.2, 0.25) is 0 Å². The molecule has 19 heavy (non-hydrogen) atoms. The molecule has 102 valence electrons. The van der Waals surface area contributed by atoms with Gasteiger partial charge in [0.2, 0.25) is 0 Å². The van der Waals surface area contributed by atoms with Gasteiger partial charge in [-0.05, 0) is 24.6 Å². The van der Waals surface area contributed by atoms with Crippen LogP contribution in [0.4, 0.5) is 4.39 Å². The van der Waals surface area contributed by atoms with Crippen molar-refractivity contribution in [2.45, 2.75) is 23.9 Å². The van der Waals surface area contributed by atoms with Gasteiger partial charge in [0.25, 0.3) is 0 Å². The number of benzene rings is 1. The van der Waals surface area contributed by atoms with Gasteiger partial charge >= 0.3 is 5.69 Å². The van der Waals surface area contributed by atoms with E-state index in [2.05, 4.69) is 10.2 Å².